The van der Waals surface area contributed by atoms with E-state index in [0.29, 0.717) is 6.42 Å². The zero-order chi connectivity index (χ0) is 18.6. The molecule has 6 heteroatoms. The highest BCUT2D eigenvalue weighted by Gasteiger charge is 2.13. The van der Waals surface area contributed by atoms with Crippen LogP contribution in [0, 0.1) is 0 Å². The quantitative estimate of drug-likeness (QED) is 0.659. The third-order valence-corrected chi connectivity index (χ3v) is 5.72. The Bertz CT molecular complexity index is 963. The number of carbonyl (C=O) groups is 2. The number of benzene rings is 2. The van der Waals surface area contributed by atoms with E-state index in [0.717, 1.165) is 33.8 Å². The van der Waals surface area contributed by atoms with E-state index in [9.17, 15) is 9.59 Å². The van der Waals surface area contributed by atoms with Gasteiger partial charge in [-0.15, -0.1) is 11.3 Å². The van der Waals surface area contributed by atoms with Gasteiger partial charge in [0.25, 0.3) is 5.91 Å². The average molecular weight is 380 g/mol. The Morgan fingerprint density at radius 1 is 1.11 bits per heavy atom. The van der Waals surface area contributed by atoms with Crippen molar-refractivity contribution in [3.05, 3.63) is 58.6 Å². The number of nitrogens with one attached hydrogen (secondary N) is 1. The summed E-state index contributed by atoms with van der Waals surface area (Å²) in [6.07, 6.45) is 4.06. The number of hydrogen-bond acceptors (Lipinski definition) is 5. The summed E-state index contributed by atoms with van der Waals surface area (Å²) in [4.78, 5) is 28.4. The minimum Gasteiger partial charge on any atom is -0.456 e. The summed E-state index contributed by atoms with van der Waals surface area (Å²) in [6, 6.07) is 13.8. The molecule has 0 aliphatic heterocycles. The Morgan fingerprint density at radius 3 is 2.85 bits per heavy atom. The van der Waals surface area contributed by atoms with Gasteiger partial charge >= 0.3 is 5.97 Å². The number of aromatic nitrogens is 1. The van der Waals surface area contributed by atoms with E-state index in [1.165, 1.54) is 17.5 Å². The first kappa shape index (κ1) is 17.7. The number of esters is 1. The summed E-state index contributed by atoms with van der Waals surface area (Å²) < 4.78 is 6.20. The Balaban J connectivity index is 1.23. The normalized spacial score (nSPS) is 12.7. The standard InChI is InChI=1S/C21H20N2O3S/c24-19(22-16-9-8-14-4-3-5-15(14)12-16)13-26-21(25)11-10-20-23-17-6-1-2-7-18(17)27-20/h1-2,6-9,12H,3-5,10-11,13H2,(H,22,24). The molecule has 0 unspecified atom stereocenters. The van der Waals surface area contributed by atoms with Gasteiger partial charge < -0.3 is 10.1 Å². The lowest BCUT2D eigenvalue weighted by molar-refractivity contribution is -0.147. The van der Waals surface area contributed by atoms with Crippen LogP contribution in [0.2, 0.25) is 0 Å². The number of hydrogen-bond donors (Lipinski definition) is 1. The lowest BCUT2D eigenvalue weighted by Crippen LogP contribution is -2.21. The number of ether oxygens (including phenoxy) is 1. The van der Waals surface area contributed by atoms with Crippen molar-refractivity contribution in [1.82, 2.24) is 4.98 Å². The minimum atomic E-state index is -0.390. The van der Waals surface area contributed by atoms with E-state index in [1.807, 2.05) is 36.4 Å². The van der Waals surface area contributed by atoms with Crippen molar-refractivity contribution in [2.75, 3.05) is 11.9 Å². The number of thiazole rings is 1. The van der Waals surface area contributed by atoms with E-state index in [4.69, 9.17) is 4.74 Å². The maximum atomic E-state index is 12.0. The minimum absolute atomic E-state index is 0.214. The molecule has 0 atom stereocenters. The highest BCUT2D eigenvalue weighted by atomic mass is 32.1. The molecule has 0 saturated carbocycles. The van der Waals surface area contributed by atoms with Gasteiger partial charge in [0, 0.05) is 12.1 Å². The first-order valence-electron chi connectivity index (χ1n) is 9.09. The Labute approximate surface area is 161 Å². The fraction of sp³-hybridized carbons (Fsp3) is 0.286. The van der Waals surface area contributed by atoms with Crippen LogP contribution in [0.3, 0.4) is 0 Å². The van der Waals surface area contributed by atoms with Crippen molar-refractivity contribution in [3.63, 3.8) is 0 Å². The van der Waals surface area contributed by atoms with Crippen molar-refractivity contribution in [2.24, 2.45) is 0 Å². The zero-order valence-corrected chi connectivity index (χ0v) is 15.7. The molecule has 27 heavy (non-hydrogen) atoms. The smallest absolute Gasteiger partial charge is 0.306 e. The second-order valence-electron chi connectivity index (χ2n) is 6.62. The maximum Gasteiger partial charge on any atom is 0.306 e. The van der Waals surface area contributed by atoms with Crippen LogP contribution in [0.15, 0.2) is 42.5 Å². The van der Waals surface area contributed by atoms with Crippen LogP contribution in [0.25, 0.3) is 10.2 Å². The molecule has 3 aromatic rings. The lowest BCUT2D eigenvalue weighted by Gasteiger charge is -2.08. The Morgan fingerprint density at radius 2 is 1.96 bits per heavy atom. The first-order chi connectivity index (χ1) is 13.2. The molecule has 0 spiro atoms. The predicted octanol–water partition coefficient (Wildman–Crippen LogP) is 3.90. The molecule has 1 aliphatic carbocycles. The maximum absolute atomic E-state index is 12.0. The van der Waals surface area contributed by atoms with Gasteiger partial charge in [-0.25, -0.2) is 4.98 Å². The molecule has 1 heterocycles. The summed E-state index contributed by atoms with van der Waals surface area (Å²) in [5, 5.41) is 3.69. The molecule has 1 amide bonds. The molecule has 0 saturated heterocycles. The van der Waals surface area contributed by atoms with Crippen LogP contribution < -0.4 is 5.32 Å². The monoisotopic (exact) mass is 380 g/mol. The highest BCUT2D eigenvalue weighted by molar-refractivity contribution is 7.18. The molecule has 0 bridgehead atoms. The number of rotatable bonds is 6. The van der Waals surface area contributed by atoms with Gasteiger partial charge in [0.15, 0.2) is 6.61 Å². The molecule has 0 radical (unpaired) electrons. The van der Waals surface area contributed by atoms with Gasteiger partial charge in [0.05, 0.1) is 21.6 Å². The van der Waals surface area contributed by atoms with Crippen LogP contribution in [0.1, 0.15) is 29.0 Å². The highest BCUT2D eigenvalue weighted by Crippen LogP contribution is 2.25. The second-order valence-corrected chi connectivity index (χ2v) is 7.74. The van der Waals surface area contributed by atoms with Crippen LogP contribution in [0.5, 0.6) is 0 Å². The van der Waals surface area contributed by atoms with E-state index >= 15 is 0 Å². The number of para-hydroxylation sites is 1. The molecule has 1 aromatic heterocycles. The van der Waals surface area contributed by atoms with E-state index in [-0.39, 0.29) is 18.9 Å². The van der Waals surface area contributed by atoms with E-state index in [2.05, 4.69) is 16.4 Å². The summed E-state index contributed by atoms with van der Waals surface area (Å²) in [5.74, 6) is -0.709. The second kappa shape index (κ2) is 7.88. The Hall–Kier alpha value is -2.73. The number of amides is 1. The third kappa shape index (κ3) is 4.34. The molecule has 5 nitrogen and oxygen atoms in total. The van der Waals surface area contributed by atoms with Crippen molar-refractivity contribution < 1.29 is 14.3 Å². The van der Waals surface area contributed by atoms with Gasteiger partial charge in [-0.3, -0.25) is 9.59 Å². The first-order valence-corrected chi connectivity index (χ1v) is 9.91. The number of anilines is 1. The summed E-state index contributed by atoms with van der Waals surface area (Å²) in [5.41, 5.74) is 4.35. The van der Waals surface area contributed by atoms with Gasteiger partial charge in [0.1, 0.15) is 0 Å². The fourth-order valence-corrected chi connectivity index (χ4v) is 4.27. The number of carbonyl (C=O) groups excluding carboxylic acids is 2. The summed E-state index contributed by atoms with van der Waals surface area (Å²) in [6.45, 7) is -0.268. The molecular formula is C21H20N2O3S. The molecule has 1 aliphatic rings. The van der Waals surface area contributed by atoms with Crippen molar-refractivity contribution in [3.8, 4) is 0 Å². The molecule has 138 valence electrons. The van der Waals surface area contributed by atoms with E-state index in [1.54, 1.807) is 11.3 Å². The van der Waals surface area contributed by atoms with Crippen LogP contribution in [0.4, 0.5) is 5.69 Å². The van der Waals surface area contributed by atoms with Gasteiger partial charge in [-0.1, -0.05) is 18.2 Å². The summed E-state index contributed by atoms with van der Waals surface area (Å²) in [7, 11) is 0. The van der Waals surface area contributed by atoms with Gasteiger partial charge in [-0.05, 0) is 54.7 Å². The SMILES string of the molecule is O=C(COC(=O)CCc1nc2ccccc2s1)Nc1ccc2c(c1)CCC2. The zero-order valence-electron chi connectivity index (χ0n) is 14.9. The van der Waals surface area contributed by atoms with Gasteiger partial charge in [-0.2, -0.15) is 0 Å². The molecule has 0 fully saturated rings. The number of aryl methyl sites for hydroxylation is 3. The van der Waals surface area contributed by atoms with Crippen LogP contribution in [-0.2, 0) is 33.6 Å². The fourth-order valence-electron chi connectivity index (χ4n) is 3.30. The van der Waals surface area contributed by atoms with Crippen LogP contribution >= 0.6 is 11.3 Å². The topological polar surface area (TPSA) is 68.3 Å². The van der Waals surface area contributed by atoms with Crippen molar-refractivity contribution in [1.29, 1.82) is 0 Å². The summed E-state index contributed by atoms with van der Waals surface area (Å²) >= 11 is 1.58. The third-order valence-electron chi connectivity index (χ3n) is 4.63. The lowest BCUT2D eigenvalue weighted by atomic mass is 10.1. The predicted molar refractivity (Wildman–Crippen MR) is 106 cm³/mol. The van der Waals surface area contributed by atoms with Crippen molar-refractivity contribution >= 4 is 39.1 Å². The van der Waals surface area contributed by atoms with E-state index < -0.39 is 5.97 Å². The molecule has 1 N–H and O–H groups in total. The van der Waals surface area contributed by atoms with Crippen molar-refractivity contribution in [2.45, 2.75) is 32.1 Å². The molecule has 2 aromatic carbocycles. The number of fused-ring (bicyclic) bond motifs is 2. The van der Waals surface area contributed by atoms with Crippen LogP contribution in [-0.4, -0.2) is 23.5 Å². The Kier molecular flexibility index (Phi) is 5.16. The largest absolute Gasteiger partial charge is 0.456 e. The molecular weight excluding hydrogens is 360 g/mol. The average Bonchev–Trinajstić information content (AvgIpc) is 3.30. The van der Waals surface area contributed by atoms with Gasteiger partial charge in [0.2, 0.25) is 0 Å². The molecule has 4 rings (SSSR count). The number of nitrogens with zero attached hydrogens (tertiary/aromatic N) is 1.